The van der Waals surface area contributed by atoms with Crippen molar-refractivity contribution in [3.05, 3.63) is 105 Å². The van der Waals surface area contributed by atoms with Gasteiger partial charge in [0.15, 0.2) is 0 Å². The standard InChI is InChI=1S/C24H23Cl2N3O2/c25-21-9-7-17(8-10-21)13-23(30)27-14-18-3-1-4-19(11-18)15-28-24(31)29-16-20-5-2-6-22(26)12-20/h1-12H,13-16H2,(H,27,30)(H2,28,29,31). The minimum absolute atomic E-state index is 0.0637. The lowest BCUT2D eigenvalue weighted by atomic mass is 10.1. The summed E-state index contributed by atoms with van der Waals surface area (Å²) in [4.78, 5) is 24.2. The van der Waals surface area contributed by atoms with E-state index in [1.165, 1.54) is 0 Å². The Kier molecular flexibility index (Phi) is 8.33. The van der Waals surface area contributed by atoms with Gasteiger partial charge in [-0.1, -0.05) is 71.7 Å². The summed E-state index contributed by atoms with van der Waals surface area (Å²) in [5.74, 6) is -0.0637. The molecule has 0 aromatic heterocycles. The SMILES string of the molecule is O=C(Cc1ccc(Cl)cc1)NCc1cccc(CNC(=O)NCc2cccc(Cl)c2)c1. The predicted octanol–water partition coefficient (Wildman–Crippen LogP) is 4.85. The highest BCUT2D eigenvalue weighted by Gasteiger charge is 2.05. The van der Waals surface area contributed by atoms with Gasteiger partial charge < -0.3 is 16.0 Å². The van der Waals surface area contributed by atoms with E-state index in [1.807, 2.05) is 54.6 Å². The van der Waals surface area contributed by atoms with Gasteiger partial charge in [0.1, 0.15) is 0 Å². The van der Waals surface area contributed by atoms with E-state index in [0.717, 1.165) is 22.3 Å². The van der Waals surface area contributed by atoms with Gasteiger partial charge in [0.2, 0.25) is 5.91 Å². The third-order valence-corrected chi connectivity index (χ3v) is 5.04. The molecule has 0 unspecified atom stereocenters. The van der Waals surface area contributed by atoms with Crippen LogP contribution in [0.1, 0.15) is 22.3 Å². The number of urea groups is 1. The van der Waals surface area contributed by atoms with Crippen LogP contribution in [0.25, 0.3) is 0 Å². The number of carbonyl (C=O) groups excluding carboxylic acids is 2. The molecule has 0 saturated carbocycles. The second-order valence-electron chi connectivity index (χ2n) is 7.07. The van der Waals surface area contributed by atoms with Gasteiger partial charge >= 0.3 is 6.03 Å². The van der Waals surface area contributed by atoms with Crippen LogP contribution in [0.15, 0.2) is 72.8 Å². The molecule has 3 aromatic rings. The Morgan fingerprint density at radius 1 is 0.613 bits per heavy atom. The van der Waals surface area contributed by atoms with Crippen molar-refractivity contribution in [2.24, 2.45) is 0 Å². The van der Waals surface area contributed by atoms with E-state index in [2.05, 4.69) is 16.0 Å². The van der Waals surface area contributed by atoms with Crippen molar-refractivity contribution in [1.82, 2.24) is 16.0 Å². The van der Waals surface area contributed by atoms with E-state index >= 15 is 0 Å². The molecule has 0 bridgehead atoms. The molecule has 7 heteroatoms. The van der Waals surface area contributed by atoms with Gasteiger partial charge in [-0.15, -0.1) is 0 Å². The number of hydrogen-bond acceptors (Lipinski definition) is 2. The molecule has 3 N–H and O–H groups in total. The number of carbonyl (C=O) groups is 2. The molecule has 0 aliphatic heterocycles. The molecule has 160 valence electrons. The molecule has 0 radical (unpaired) electrons. The number of nitrogens with one attached hydrogen (secondary N) is 3. The molecule has 0 spiro atoms. The number of hydrogen-bond donors (Lipinski definition) is 3. The summed E-state index contributed by atoms with van der Waals surface area (Å²) in [5.41, 5.74) is 3.74. The van der Waals surface area contributed by atoms with Crippen molar-refractivity contribution < 1.29 is 9.59 Å². The largest absolute Gasteiger partial charge is 0.352 e. The molecule has 0 aliphatic carbocycles. The first-order valence-electron chi connectivity index (χ1n) is 9.83. The zero-order chi connectivity index (χ0) is 22.1. The van der Waals surface area contributed by atoms with Crippen LogP contribution in [-0.2, 0) is 30.8 Å². The molecule has 31 heavy (non-hydrogen) atoms. The average molecular weight is 456 g/mol. The molecule has 3 amide bonds. The molecule has 0 atom stereocenters. The first-order valence-corrected chi connectivity index (χ1v) is 10.6. The quantitative estimate of drug-likeness (QED) is 0.454. The monoisotopic (exact) mass is 455 g/mol. The van der Waals surface area contributed by atoms with Crippen molar-refractivity contribution in [2.75, 3.05) is 0 Å². The second kappa shape index (κ2) is 11.4. The molecule has 3 rings (SSSR count). The summed E-state index contributed by atoms with van der Waals surface area (Å²) < 4.78 is 0. The highest BCUT2D eigenvalue weighted by Crippen LogP contribution is 2.11. The predicted molar refractivity (Wildman–Crippen MR) is 124 cm³/mol. The van der Waals surface area contributed by atoms with Crippen molar-refractivity contribution >= 4 is 35.1 Å². The first-order chi connectivity index (χ1) is 15.0. The molecule has 0 heterocycles. The van der Waals surface area contributed by atoms with Gasteiger partial charge in [0.05, 0.1) is 6.42 Å². The van der Waals surface area contributed by atoms with E-state index in [9.17, 15) is 9.59 Å². The number of rotatable bonds is 8. The molecule has 0 saturated heterocycles. The van der Waals surface area contributed by atoms with E-state index in [-0.39, 0.29) is 11.9 Å². The zero-order valence-electron chi connectivity index (χ0n) is 16.8. The van der Waals surface area contributed by atoms with E-state index in [0.29, 0.717) is 36.1 Å². The molecule has 5 nitrogen and oxygen atoms in total. The van der Waals surface area contributed by atoms with Gasteiger partial charge in [0, 0.05) is 29.7 Å². The van der Waals surface area contributed by atoms with Crippen molar-refractivity contribution in [3.63, 3.8) is 0 Å². The van der Waals surface area contributed by atoms with Crippen LogP contribution in [0.3, 0.4) is 0 Å². The van der Waals surface area contributed by atoms with Gasteiger partial charge in [-0.3, -0.25) is 4.79 Å². The first kappa shape index (κ1) is 22.7. The Labute approximate surface area is 191 Å². The van der Waals surface area contributed by atoms with Crippen LogP contribution in [0.4, 0.5) is 4.79 Å². The van der Waals surface area contributed by atoms with Crippen molar-refractivity contribution in [2.45, 2.75) is 26.1 Å². The lowest BCUT2D eigenvalue weighted by Crippen LogP contribution is -2.34. The third-order valence-electron chi connectivity index (χ3n) is 4.55. The Morgan fingerprint density at radius 3 is 1.77 bits per heavy atom. The van der Waals surface area contributed by atoms with Crippen molar-refractivity contribution in [1.29, 1.82) is 0 Å². The maximum Gasteiger partial charge on any atom is 0.315 e. The fourth-order valence-corrected chi connectivity index (χ4v) is 3.31. The number of benzene rings is 3. The lowest BCUT2D eigenvalue weighted by molar-refractivity contribution is -0.120. The Balaban J connectivity index is 1.42. The third kappa shape index (κ3) is 7.96. The number of halogens is 2. The summed E-state index contributed by atoms with van der Waals surface area (Å²) in [7, 11) is 0. The summed E-state index contributed by atoms with van der Waals surface area (Å²) in [5, 5.41) is 9.83. The van der Waals surface area contributed by atoms with Crippen molar-refractivity contribution in [3.8, 4) is 0 Å². The van der Waals surface area contributed by atoms with E-state index in [4.69, 9.17) is 23.2 Å². The molecular formula is C24H23Cl2N3O2. The second-order valence-corrected chi connectivity index (χ2v) is 7.94. The minimum Gasteiger partial charge on any atom is -0.352 e. The van der Waals surface area contributed by atoms with Crippen LogP contribution < -0.4 is 16.0 Å². The molecule has 0 aliphatic rings. The fourth-order valence-electron chi connectivity index (χ4n) is 2.97. The van der Waals surface area contributed by atoms with Crippen LogP contribution in [0, 0.1) is 0 Å². The zero-order valence-corrected chi connectivity index (χ0v) is 18.3. The van der Waals surface area contributed by atoms with Crippen LogP contribution >= 0.6 is 23.2 Å². The lowest BCUT2D eigenvalue weighted by Gasteiger charge is -2.10. The highest BCUT2D eigenvalue weighted by atomic mass is 35.5. The maximum atomic E-state index is 12.2. The normalized spacial score (nSPS) is 10.4. The minimum atomic E-state index is -0.262. The topological polar surface area (TPSA) is 70.2 Å². The summed E-state index contributed by atoms with van der Waals surface area (Å²) in [6.07, 6.45) is 0.297. The summed E-state index contributed by atoms with van der Waals surface area (Å²) in [6.45, 7) is 1.20. The summed E-state index contributed by atoms with van der Waals surface area (Å²) in [6, 6.07) is 22.0. The maximum absolute atomic E-state index is 12.2. The van der Waals surface area contributed by atoms with Crippen LogP contribution in [0.2, 0.25) is 10.0 Å². The van der Waals surface area contributed by atoms with Gasteiger partial charge in [-0.05, 0) is 46.5 Å². The summed E-state index contributed by atoms with van der Waals surface area (Å²) >= 11 is 11.8. The van der Waals surface area contributed by atoms with Crippen LogP contribution in [0.5, 0.6) is 0 Å². The van der Waals surface area contributed by atoms with Gasteiger partial charge in [-0.25, -0.2) is 4.79 Å². The average Bonchev–Trinajstić information content (AvgIpc) is 2.77. The highest BCUT2D eigenvalue weighted by molar-refractivity contribution is 6.30. The molecular weight excluding hydrogens is 433 g/mol. The molecule has 3 aromatic carbocycles. The van der Waals surface area contributed by atoms with Gasteiger partial charge in [-0.2, -0.15) is 0 Å². The van der Waals surface area contributed by atoms with Gasteiger partial charge in [0.25, 0.3) is 0 Å². The number of amides is 3. The Morgan fingerprint density at radius 2 is 1.16 bits per heavy atom. The smallest absolute Gasteiger partial charge is 0.315 e. The Hall–Kier alpha value is -3.02. The fraction of sp³-hybridized carbons (Fsp3) is 0.167. The molecule has 0 fully saturated rings. The van der Waals surface area contributed by atoms with E-state index in [1.54, 1.807) is 18.2 Å². The van der Waals surface area contributed by atoms with Crippen LogP contribution in [-0.4, -0.2) is 11.9 Å². The Bertz CT molecular complexity index is 1040. The van der Waals surface area contributed by atoms with E-state index < -0.39 is 0 Å².